The van der Waals surface area contributed by atoms with Gasteiger partial charge in [-0.3, -0.25) is 9.59 Å². The molecule has 0 radical (unpaired) electrons. The van der Waals surface area contributed by atoms with Crippen LogP contribution in [0.5, 0.6) is 0 Å². The molecule has 0 aromatic carbocycles. The first-order valence-electron chi connectivity index (χ1n) is 6.68. The molecule has 1 unspecified atom stereocenters. The van der Waals surface area contributed by atoms with E-state index < -0.39 is 49.1 Å². The largest absolute Gasteiger partial charge is 0.481 e. The Kier molecular flexibility index (Phi) is 4.21. The monoisotopic (exact) mass is 323 g/mol. The molecule has 10 heteroatoms. The van der Waals surface area contributed by atoms with Gasteiger partial charge in [-0.15, -0.1) is 0 Å². The first-order chi connectivity index (χ1) is 10.1. The third kappa shape index (κ3) is 3.25. The standard InChI is InChI=1S/C12H16F3N3O4/c1-17-3-6(2-9(17)19)16-11(22)18-4-7(10(20)21)8(5-18)12(13,14)15/h6-8H,2-5H2,1H3,(H,16,22)(H,20,21)/t6?,7-,8-/m1/s1. The van der Waals surface area contributed by atoms with Gasteiger partial charge in [0, 0.05) is 33.1 Å². The van der Waals surface area contributed by atoms with Crippen LogP contribution >= 0.6 is 0 Å². The number of halogens is 3. The maximum Gasteiger partial charge on any atom is 0.394 e. The van der Waals surface area contributed by atoms with Gasteiger partial charge >= 0.3 is 18.2 Å². The van der Waals surface area contributed by atoms with Crippen LogP contribution < -0.4 is 5.32 Å². The zero-order valence-corrected chi connectivity index (χ0v) is 11.8. The number of rotatable bonds is 2. The molecule has 3 amide bonds. The van der Waals surface area contributed by atoms with Crippen molar-refractivity contribution in [2.45, 2.75) is 18.6 Å². The Balaban J connectivity index is 2.00. The second-order valence-electron chi connectivity index (χ2n) is 5.62. The van der Waals surface area contributed by atoms with Crippen LogP contribution in [-0.2, 0) is 9.59 Å². The van der Waals surface area contributed by atoms with Crippen LogP contribution in [0.25, 0.3) is 0 Å². The first-order valence-corrected chi connectivity index (χ1v) is 6.68. The summed E-state index contributed by atoms with van der Waals surface area (Å²) in [5, 5.41) is 11.4. The number of carboxylic acid groups (broad SMARTS) is 1. The van der Waals surface area contributed by atoms with Crippen molar-refractivity contribution >= 4 is 17.9 Å². The molecule has 0 bridgehead atoms. The average Bonchev–Trinajstić information content (AvgIpc) is 2.94. The SMILES string of the molecule is CN1CC(NC(=O)N2C[C@@H](C(F)(F)F)[C@H](C(=O)O)C2)CC1=O. The fourth-order valence-electron chi connectivity index (χ4n) is 2.78. The van der Waals surface area contributed by atoms with E-state index in [1.165, 1.54) is 4.90 Å². The number of hydrogen-bond acceptors (Lipinski definition) is 3. The molecule has 0 saturated carbocycles. The van der Waals surface area contributed by atoms with Crippen molar-refractivity contribution in [2.75, 3.05) is 26.7 Å². The molecule has 2 rings (SSSR count). The maximum absolute atomic E-state index is 12.8. The second-order valence-corrected chi connectivity index (χ2v) is 5.62. The molecule has 3 atom stereocenters. The van der Waals surface area contributed by atoms with E-state index in [1.54, 1.807) is 7.05 Å². The van der Waals surface area contributed by atoms with Gasteiger partial charge < -0.3 is 20.2 Å². The van der Waals surface area contributed by atoms with Gasteiger partial charge in [-0.05, 0) is 0 Å². The topological polar surface area (TPSA) is 90.0 Å². The van der Waals surface area contributed by atoms with E-state index in [0.29, 0.717) is 0 Å². The Labute approximate surface area is 124 Å². The van der Waals surface area contributed by atoms with Gasteiger partial charge in [0.15, 0.2) is 0 Å². The van der Waals surface area contributed by atoms with Crippen LogP contribution in [0.4, 0.5) is 18.0 Å². The van der Waals surface area contributed by atoms with E-state index in [0.717, 1.165) is 4.90 Å². The molecule has 22 heavy (non-hydrogen) atoms. The van der Waals surface area contributed by atoms with Gasteiger partial charge in [0.2, 0.25) is 5.91 Å². The molecule has 2 aliphatic heterocycles. The maximum atomic E-state index is 12.8. The highest BCUT2D eigenvalue weighted by atomic mass is 19.4. The van der Waals surface area contributed by atoms with Crippen molar-refractivity contribution in [1.29, 1.82) is 0 Å². The summed E-state index contributed by atoms with van der Waals surface area (Å²) in [7, 11) is 1.56. The predicted molar refractivity (Wildman–Crippen MR) is 66.8 cm³/mol. The summed E-state index contributed by atoms with van der Waals surface area (Å²) in [6, 6.07) is -1.25. The minimum absolute atomic E-state index is 0.0845. The third-order valence-electron chi connectivity index (χ3n) is 4.01. The first kappa shape index (κ1) is 16.4. The average molecular weight is 323 g/mol. The number of carbonyl (C=O) groups excluding carboxylic acids is 2. The number of urea groups is 1. The quantitative estimate of drug-likeness (QED) is 0.755. The molecule has 0 aliphatic carbocycles. The molecule has 124 valence electrons. The van der Waals surface area contributed by atoms with Gasteiger partial charge in [-0.25, -0.2) is 4.79 Å². The lowest BCUT2D eigenvalue weighted by Gasteiger charge is -2.20. The summed E-state index contributed by atoms with van der Waals surface area (Å²) in [5.41, 5.74) is 0. The van der Waals surface area contributed by atoms with E-state index in [1.807, 2.05) is 0 Å². The molecule has 0 aromatic heterocycles. The molecule has 0 spiro atoms. The van der Waals surface area contributed by atoms with Crippen LogP contribution in [0.1, 0.15) is 6.42 Å². The fourth-order valence-corrected chi connectivity index (χ4v) is 2.78. The van der Waals surface area contributed by atoms with E-state index in [2.05, 4.69) is 5.32 Å². The number of alkyl halides is 3. The van der Waals surface area contributed by atoms with E-state index in [9.17, 15) is 27.6 Å². The van der Waals surface area contributed by atoms with Crippen LogP contribution in [0.3, 0.4) is 0 Å². The lowest BCUT2D eigenvalue weighted by molar-refractivity contribution is -0.187. The molecule has 2 aliphatic rings. The van der Waals surface area contributed by atoms with Crippen LogP contribution in [0.2, 0.25) is 0 Å². The molecular weight excluding hydrogens is 307 g/mol. The third-order valence-corrected chi connectivity index (χ3v) is 4.01. The summed E-state index contributed by atoms with van der Waals surface area (Å²) in [6.07, 6.45) is -4.59. The Morgan fingerprint density at radius 3 is 2.32 bits per heavy atom. The van der Waals surface area contributed by atoms with Crippen molar-refractivity contribution in [2.24, 2.45) is 11.8 Å². The van der Waals surface area contributed by atoms with Crippen molar-refractivity contribution in [3.05, 3.63) is 0 Å². The summed E-state index contributed by atoms with van der Waals surface area (Å²) in [6.45, 7) is -0.909. The van der Waals surface area contributed by atoms with Crippen LogP contribution in [0, 0.1) is 11.8 Å². The zero-order chi connectivity index (χ0) is 16.7. The minimum atomic E-state index is -4.68. The van der Waals surface area contributed by atoms with Gasteiger partial charge in [-0.2, -0.15) is 13.2 Å². The number of nitrogens with one attached hydrogen (secondary N) is 1. The van der Waals surface area contributed by atoms with Crippen LogP contribution in [-0.4, -0.2) is 71.7 Å². The van der Waals surface area contributed by atoms with Gasteiger partial charge in [0.25, 0.3) is 0 Å². The number of carboxylic acids is 1. The fraction of sp³-hybridized carbons (Fsp3) is 0.750. The molecular formula is C12H16F3N3O4. The number of amides is 3. The predicted octanol–water partition coefficient (Wildman–Crippen LogP) is 0.122. The highest BCUT2D eigenvalue weighted by molar-refractivity contribution is 5.82. The van der Waals surface area contributed by atoms with Crippen molar-refractivity contribution < 1.29 is 32.7 Å². The second kappa shape index (κ2) is 5.65. The van der Waals surface area contributed by atoms with Gasteiger partial charge in [0.05, 0.1) is 17.9 Å². The lowest BCUT2D eigenvalue weighted by atomic mass is 9.96. The summed E-state index contributed by atoms with van der Waals surface area (Å²) in [4.78, 5) is 36.5. The molecule has 2 saturated heterocycles. The minimum Gasteiger partial charge on any atom is -0.481 e. The lowest BCUT2D eigenvalue weighted by Crippen LogP contribution is -2.45. The summed E-state index contributed by atoms with van der Waals surface area (Å²) >= 11 is 0. The van der Waals surface area contributed by atoms with E-state index in [4.69, 9.17) is 5.11 Å². The number of likely N-dealkylation sites (tertiary alicyclic amines) is 2. The number of likely N-dealkylation sites (N-methyl/N-ethyl adjacent to an activating group) is 1. The van der Waals surface area contributed by atoms with Gasteiger partial charge in [0.1, 0.15) is 0 Å². The number of hydrogen-bond donors (Lipinski definition) is 2. The van der Waals surface area contributed by atoms with E-state index in [-0.39, 0.29) is 18.9 Å². The smallest absolute Gasteiger partial charge is 0.394 e. The van der Waals surface area contributed by atoms with Crippen molar-refractivity contribution in [1.82, 2.24) is 15.1 Å². The molecule has 7 nitrogen and oxygen atoms in total. The summed E-state index contributed by atoms with van der Waals surface area (Å²) < 4.78 is 38.5. The van der Waals surface area contributed by atoms with Crippen LogP contribution in [0.15, 0.2) is 0 Å². The Hall–Kier alpha value is -2.00. The Morgan fingerprint density at radius 1 is 1.27 bits per heavy atom. The molecule has 2 N–H and O–H groups in total. The Bertz CT molecular complexity index is 496. The molecule has 2 heterocycles. The van der Waals surface area contributed by atoms with Gasteiger partial charge in [-0.1, -0.05) is 0 Å². The van der Waals surface area contributed by atoms with Crippen molar-refractivity contribution in [3.8, 4) is 0 Å². The summed E-state index contributed by atoms with van der Waals surface area (Å²) in [5.74, 6) is -5.49. The highest BCUT2D eigenvalue weighted by Gasteiger charge is 2.53. The number of carbonyl (C=O) groups is 3. The van der Waals surface area contributed by atoms with Crippen molar-refractivity contribution in [3.63, 3.8) is 0 Å². The number of nitrogens with zero attached hydrogens (tertiary/aromatic N) is 2. The molecule has 0 aromatic rings. The zero-order valence-electron chi connectivity index (χ0n) is 11.8. The number of aliphatic carboxylic acids is 1. The highest BCUT2D eigenvalue weighted by Crippen LogP contribution is 2.37. The van der Waals surface area contributed by atoms with E-state index >= 15 is 0 Å². The normalized spacial score (nSPS) is 29.1. The Morgan fingerprint density at radius 2 is 1.91 bits per heavy atom. The molecule has 2 fully saturated rings.